The summed E-state index contributed by atoms with van der Waals surface area (Å²) < 4.78 is 0. The fraction of sp³-hybridized carbons (Fsp3) is 0.156. The molecule has 41 heavy (non-hydrogen) atoms. The van der Waals surface area contributed by atoms with Crippen LogP contribution in [-0.4, -0.2) is 32.9 Å². The highest BCUT2D eigenvalue weighted by molar-refractivity contribution is 5.99. The van der Waals surface area contributed by atoms with Crippen LogP contribution in [0.15, 0.2) is 97.1 Å². The minimum atomic E-state index is -1.08. The van der Waals surface area contributed by atoms with Gasteiger partial charge in [0.2, 0.25) is 0 Å². The molecule has 0 unspecified atom stereocenters. The highest BCUT2D eigenvalue weighted by Gasteiger charge is 2.19. The Balaban J connectivity index is 0.000000228. The maximum Gasteiger partial charge on any atom is 0.303 e. The number of Topliss-reactive ketones (excluding diaryl/α,β-unsaturated/α-hetero) is 1. The molecule has 4 rings (SSSR count). The van der Waals surface area contributed by atoms with Crippen molar-refractivity contribution in [1.29, 1.82) is 0 Å². The first-order chi connectivity index (χ1) is 19.7. The monoisotopic (exact) mass is 554 g/mol. The molecule has 0 radical (unpaired) electrons. The van der Waals surface area contributed by atoms with Gasteiger partial charge in [-0.05, 0) is 41.7 Å². The third-order valence-corrected chi connectivity index (χ3v) is 6.22. The number of hydrogen-bond acceptors (Lipinski definition) is 6. The van der Waals surface area contributed by atoms with Crippen LogP contribution in [-0.2, 0) is 16.0 Å². The van der Waals surface area contributed by atoms with Crippen LogP contribution < -0.4 is 5.73 Å². The molecule has 0 amide bonds. The van der Waals surface area contributed by atoms with E-state index in [-0.39, 0.29) is 30.5 Å². The van der Waals surface area contributed by atoms with E-state index in [0.717, 1.165) is 28.8 Å². The van der Waals surface area contributed by atoms with Crippen LogP contribution in [0, 0.1) is 10.1 Å². The molecule has 0 aliphatic heterocycles. The summed E-state index contributed by atoms with van der Waals surface area (Å²) in [6, 6.07) is 29.0. The van der Waals surface area contributed by atoms with Crippen molar-refractivity contribution in [2.75, 3.05) is 5.73 Å². The zero-order valence-corrected chi connectivity index (χ0v) is 22.2. The summed E-state index contributed by atoms with van der Waals surface area (Å²) in [4.78, 5) is 43.5. The maximum atomic E-state index is 11.9. The molecule has 9 heteroatoms. The molecule has 0 fully saturated rings. The minimum absolute atomic E-state index is 0.146. The molecule has 4 N–H and O–H groups in total. The number of rotatable bonds is 11. The molecule has 4 aromatic carbocycles. The lowest BCUT2D eigenvalue weighted by molar-refractivity contribution is -0.384. The smallest absolute Gasteiger partial charge is 0.303 e. The summed E-state index contributed by atoms with van der Waals surface area (Å²) in [5.74, 6) is -2.26. The van der Waals surface area contributed by atoms with Gasteiger partial charge in [-0.1, -0.05) is 78.9 Å². The Morgan fingerprint density at radius 2 is 1.27 bits per heavy atom. The number of carbonyl (C=O) groups excluding carboxylic acids is 1. The van der Waals surface area contributed by atoms with Crippen LogP contribution in [0.3, 0.4) is 0 Å². The third kappa shape index (κ3) is 9.14. The number of aryl methyl sites for hydroxylation is 1. The van der Waals surface area contributed by atoms with Crippen LogP contribution >= 0.6 is 0 Å². The Labute approximate surface area is 237 Å². The van der Waals surface area contributed by atoms with Gasteiger partial charge in [0.05, 0.1) is 16.9 Å². The fourth-order valence-electron chi connectivity index (χ4n) is 4.17. The fourth-order valence-corrected chi connectivity index (χ4v) is 4.17. The van der Waals surface area contributed by atoms with Crippen molar-refractivity contribution in [3.05, 3.63) is 118 Å². The molecule has 0 aliphatic carbocycles. The molecule has 9 nitrogen and oxygen atoms in total. The summed E-state index contributed by atoms with van der Waals surface area (Å²) in [5.41, 5.74) is 11.1. The summed E-state index contributed by atoms with van der Waals surface area (Å²) in [5, 5.41) is 28.4. The topological polar surface area (TPSA) is 161 Å². The third-order valence-electron chi connectivity index (χ3n) is 6.22. The Morgan fingerprint density at radius 3 is 1.80 bits per heavy atom. The molecule has 0 aliphatic rings. The van der Waals surface area contributed by atoms with Crippen molar-refractivity contribution in [3.8, 4) is 22.3 Å². The average molecular weight is 555 g/mol. The molecule has 0 atom stereocenters. The van der Waals surface area contributed by atoms with E-state index in [9.17, 15) is 24.5 Å². The molecule has 0 saturated heterocycles. The van der Waals surface area contributed by atoms with Gasteiger partial charge < -0.3 is 15.9 Å². The van der Waals surface area contributed by atoms with Crippen LogP contribution in [0.25, 0.3) is 22.3 Å². The molecule has 0 bridgehead atoms. The van der Waals surface area contributed by atoms with Crippen LogP contribution in [0.5, 0.6) is 0 Å². The Kier molecular flexibility index (Phi) is 10.9. The molecule has 0 heterocycles. The second-order valence-electron chi connectivity index (χ2n) is 9.21. The van der Waals surface area contributed by atoms with E-state index < -0.39 is 22.6 Å². The second-order valence-corrected chi connectivity index (χ2v) is 9.21. The SMILES string of the molecule is Nc1cc(CCCC(=O)O)ccc1-c1ccccc1.O=C(O)CCC(=O)c1ccc(-c2ccccc2)c([N+](=O)[O-])c1. The predicted molar refractivity (Wildman–Crippen MR) is 157 cm³/mol. The average Bonchev–Trinajstić information content (AvgIpc) is 2.96. The van der Waals surface area contributed by atoms with Gasteiger partial charge in [0.25, 0.3) is 5.69 Å². The highest BCUT2D eigenvalue weighted by Crippen LogP contribution is 2.31. The summed E-state index contributed by atoms with van der Waals surface area (Å²) in [6.45, 7) is 0. The lowest BCUT2D eigenvalue weighted by Gasteiger charge is -2.08. The molecule has 0 spiro atoms. The Morgan fingerprint density at radius 1 is 0.707 bits per heavy atom. The number of aliphatic carboxylic acids is 2. The van der Waals surface area contributed by atoms with Crippen LogP contribution in [0.2, 0.25) is 0 Å². The van der Waals surface area contributed by atoms with E-state index in [1.165, 1.54) is 18.2 Å². The van der Waals surface area contributed by atoms with Crippen molar-refractivity contribution in [2.45, 2.75) is 32.1 Å². The van der Waals surface area contributed by atoms with Crippen molar-refractivity contribution < 1.29 is 29.5 Å². The minimum Gasteiger partial charge on any atom is -0.481 e. The zero-order valence-electron chi connectivity index (χ0n) is 22.2. The van der Waals surface area contributed by atoms with E-state index >= 15 is 0 Å². The first-order valence-electron chi connectivity index (χ1n) is 12.9. The van der Waals surface area contributed by atoms with Gasteiger partial charge in [0.1, 0.15) is 0 Å². The molecule has 0 aromatic heterocycles. The number of nitrogens with zero attached hydrogens (tertiary/aromatic N) is 1. The lowest BCUT2D eigenvalue weighted by Crippen LogP contribution is -2.05. The number of carbonyl (C=O) groups is 3. The van der Waals surface area contributed by atoms with E-state index in [4.69, 9.17) is 15.9 Å². The number of nitrogens with two attached hydrogens (primary N) is 1. The van der Waals surface area contributed by atoms with Crippen molar-refractivity contribution in [2.24, 2.45) is 0 Å². The van der Waals surface area contributed by atoms with Gasteiger partial charge in [0, 0.05) is 35.7 Å². The van der Waals surface area contributed by atoms with Gasteiger partial charge in [-0.3, -0.25) is 24.5 Å². The number of benzene rings is 4. The molecule has 210 valence electrons. The largest absolute Gasteiger partial charge is 0.481 e. The summed E-state index contributed by atoms with van der Waals surface area (Å²) in [6.07, 6.45) is 1.09. The quantitative estimate of drug-likeness (QED) is 0.0803. The van der Waals surface area contributed by atoms with E-state index in [2.05, 4.69) is 0 Å². The first kappa shape index (κ1) is 30.2. The molecule has 0 saturated carbocycles. The van der Waals surface area contributed by atoms with Crippen molar-refractivity contribution in [3.63, 3.8) is 0 Å². The van der Waals surface area contributed by atoms with E-state index in [0.29, 0.717) is 17.5 Å². The number of carboxylic acid groups (broad SMARTS) is 2. The number of nitrogen functional groups attached to an aromatic ring is 1. The highest BCUT2D eigenvalue weighted by atomic mass is 16.6. The van der Waals surface area contributed by atoms with E-state index in [1.54, 1.807) is 30.3 Å². The number of carboxylic acids is 2. The van der Waals surface area contributed by atoms with Gasteiger partial charge in [0.15, 0.2) is 5.78 Å². The van der Waals surface area contributed by atoms with Crippen LogP contribution in [0.4, 0.5) is 11.4 Å². The number of hydrogen-bond donors (Lipinski definition) is 3. The number of ketones is 1. The lowest BCUT2D eigenvalue weighted by atomic mass is 9.99. The van der Waals surface area contributed by atoms with Crippen LogP contribution in [0.1, 0.15) is 41.6 Å². The number of nitro groups is 1. The Hall–Kier alpha value is -5.31. The maximum absolute atomic E-state index is 11.9. The Bertz CT molecular complexity index is 1520. The van der Waals surface area contributed by atoms with Gasteiger partial charge in [-0.2, -0.15) is 0 Å². The summed E-state index contributed by atoms with van der Waals surface area (Å²) in [7, 11) is 0. The molecular weight excluding hydrogens is 524 g/mol. The van der Waals surface area contributed by atoms with Crippen molar-refractivity contribution >= 4 is 29.1 Å². The second kappa shape index (κ2) is 14.7. The first-order valence-corrected chi connectivity index (χ1v) is 12.9. The predicted octanol–water partition coefficient (Wildman–Crippen LogP) is 6.65. The van der Waals surface area contributed by atoms with Crippen molar-refractivity contribution in [1.82, 2.24) is 0 Å². The van der Waals surface area contributed by atoms with Gasteiger partial charge in [-0.15, -0.1) is 0 Å². The van der Waals surface area contributed by atoms with E-state index in [1.807, 2.05) is 48.5 Å². The number of anilines is 1. The normalized spacial score (nSPS) is 10.2. The standard InChI is InChI=1S/C16H13NO5.C16H17NO2/c18-15(8-9-16(19)20)12-6-7-13(14(10-12)17(21)22)11-4-2-1-3-5-11;17-15-11-12(5-4-8-16(18)19)9-10-14(15)13-6-2-1-3-7-13/h1-7,10H,8-9H2,(H,19,20);1-3,6-7,9-11H,4-5,8,17H2,(H,18,19). The molecular formula is C32H30N2O7. The number of nitro benzene ring substituents is 1. The molecule has 4 aromatic rings. The van der Waals surface area contributed by atoms with Gasteiger partial charge >= 0.3 is 11.9 Å². The summed E-state index contributed by atoms with van der Waals surface area (Å²) >= 11 is 0. The van der Waals surface area contributed by atoms with Gasteiger partial charge in [-0.25, -0.2) is 0 Å². The zero-order chi connectivity index (χ0) is 29.8.